The summed E-state index contributed by atoms with van der Waals surface area (Å²) in [5, 5.41) is 0. The van der Waals surface area contributed by atoms with Crippen LogP contribution in [0.4, 0.5) is 0 Å². The first-order valence-electron chi connectivity index (χ1n) is 5.88. The van der Waals surface area contributed by atoms with Crippen molar-refractivity contribution in [3.8, 4) is 17.0 Å². The Morgan fingerprint density at radius 1 is 1.32 bits per heavy atom. The Kier molecular flexibility index (Phi) is 3.97. The second kappa shape index (κ2) is 5.67. The molecular formula is C14H16N2O3. The number of hydrogen-bond donors (Lipinski definition) is 0. The maximum absolute atomic E-state index is 11.7. The number of hydrogen-bond acceptors (Lipinski definition) is 4. The van der Waals surface area contributed by atoms with Crippen molar-refractivity contribution in [2.24, 2.45) is 7.05 Å². The lowest BCUT2D eigenvalue weighted by Crippen LogP contribution is -2.14. The highest BCUT2D eigenvalue weighted by molar-refractivity contribution is 5.65. The molecule has 0 aromatic carbocycles. The van der Waals surface area contributed by atoms with Gasteiger partial charge in [0.25, 0.3) is 5.56 Å². The van der Waals surface area contributed by atoms with Crippen molar-refractivity contribution in [3.05, 3.63) is 46.5 Å². The van der Waals surface area contributed by atoms with Gasteiger partial charge in [0, 0.05) is 37.7 Å². The van der Waals surface area contributed by atoms with Crippen LogP contribution in [0.15, 0.2) is 35.3 Å². The van der Waals surface area contributed by atoms with Gasteiger partial charge >= 0.3 is 0 Å². The van der Waals surface area contributed by atoms with E-state index in [2.05, 4.69) is 4.98 Å². The van der Waals surface area contributed by atoms with Crippen molar-refractivity contribution in [2.75, 3.05) is 13.9 Å². The number of nitrogens with zero attached hydrogens (tertiary/aromatic N) is 2. The van der Waals surface area contributed by atoms with Crippen LogP contribution in [-0.4, -0.2) is 23.5 Å². The van der Waals surface area contributed by atoms with Crippen LogP contribution in [0.3, 0.4) is 0 Å². The molecule has 0 bridgehead atoms. The molecule has 2 aromatic rings. The van der Waals surface area contributed by atoms with Crippen LogP contribution in [0, 0.1) is 6.92 Å². The summed E-state index contributed by atoms with van der Waals surface area (Å²) >= 11 is 0. The molecule has 0 radical (unpaired) electrons. The fourth-order valence-corrected chi connectivity index (χ4v) is 1.69. The molecule has 5 nitrogen and oxygen atoms in total. The molecule has 0 saturated carbocycles. The third-order valence-electron chi connectivity index (χ3n) is 2.71. The molecule has 2 rings (SSSR count). The summed E-state index contributed by atoms with van der Waals surface area (Å²) in [6.45, 7) is 2.03. The molecule has 0 unspecified atom stereocenters. The van der Waals surface area contributed by atoms with Crippen molar-refractivity contribution in [3.63, 3.8) is 0 Å². The molecule has 19 heavy (non-hydrogen) atoms. The molecule has 0 saturated heterocycles. The van der Waals surface area contributed by atoms with E-state index >= 15 is 0 Å². The first-order chi connectivity index (χ1) is 9.11. The van der Waals surface area contributed by atoms with Crippen LogP contribution in [0.25, 0.3) is 11.3 Å². The predicted molar refractivity (Wildman–Crippen MR) is 72.2 cm³/mol. The molecule has 0 N–H and O–H groups in total. The van der Waals surface area contributed by atoms with Crippen LogP contribution in [0.2, 0.25) is 0 Å². The number of methoxy groups -OCH3 is 1. The SMILES string of the molecule is COCOc1ccc(C)nc1-c1ccn(C)c(=O)c1. The van der Waals surface area contributed by atoms with Crippen LogP contribution in [0.1, 0.15) is 5.69 Å². The van der Waals surface area contributed by atoms with Crippen LogP contribution in [0.5, 0.6) is 5.75 Å². The lowest BCUT2D eigenvalue weighted by atomic mass is 10.1. The van der Waals surface area contributed by atoms with E-state index in [1.807, 2.05) is 25.1 Å². The van der Waals surface area contributed by atoms with Crippen molar-refractivity contribution >= 4 is 0 Å². The highest BCUT2D eigenvalue weighted by Gasteiger charge is 2.09. The molecule has 0 aliphatic carbocycles. The Hall–Kier alpha value is -2.14. The average molecular weight is 260 g/mol. The molecule has 0 aliphatic rings. The van der Waals surface area contributed by atoms with E-state index in [4.69, 9.17) is 9.47 Å². The Balaban J connectivity index is 2.49. The minimum absolute atomic E-state index is 0.0847. The summed E-state index contributed by atoms with van der Waals surface area (Å²) in [7, 11) is 3.26. The van der Waals surface area contributed by atoms with Crippen molar-refractivity contribution in [1.29, 1.82) is 0 Å². The first-order valence-corrected chi connectivity index (χ1v) is 5.88. The van der Waals surface area contributed by atoms with Crippen LogP contribution >= 0.6 is 0 Å². The Labute approximate surface area is 111 Å². The molecule has 100 valence electrons. The standard InChI is InChI=1S/C14H16N2O3/c1-10-4-5-12(19-9-18-3)14(15-10)11-6-7-16(2)13(17)8-11/h4-8H,9H2,1-3H3. The largest absolute Gasteiger partial charge is 0.465 e. The zero-order chi connectivity index (χ0) is 13.8. The monoisotopic (exact) mass is 260 g/mol. The van der Waals surface area contributed by atoms with Gasteiger partial charge in [-0.15, -0.1) is 0 Å². The second-order valence-electron chi connectivity index (χ2n) is 4.21. The molecule has 0 amide bonds. The summed E-state index contributed by atoms with van der Waals surface area (Å²) in [5.41, 5.74) is 2.16. The van der Waals surface area contributed by atoms with E-state index < -0.39 is 0 Å². The Bertz CT molecular complexity index is 635. The fraction of sp³-hybridized carbons (Fsp3) is 0.286. The predicted octanol–water partition coefficient (Wildman–Crippen LogP) is 1.74. The van der Waals surface area contributed by atoms with Gasteiger partial charge in [-0.2, -0.15) is 0 Å². The maximum Gasteiger partial charge on any atom is 0.250 e. The number of ether oxygens (including phenoxy) is 2. The van der Waals surface area contributed by atoms with Crippen LogP contribution in [-0.2, 0) is 11.8 Å². The fourth-order valence-electron chi connectivity index (χ4n) is 1.69. The van der Waals surface area contributed by atoms with Gasteiger partial charge < -0.3 is 14.0 Å². The van der Waals surface area contributed by atoms with E-state index in [0.29, 0.717) is 11.4 Å². The number of pyridine rings is 2. The van der Waals surface area contributed by atoms with Gasteiger partial charge in [-0.05, 0) is 25.1 Å². The minimum atomic E-state index is -0.0847. The number of aromatic nitrogens is 2. The van der Waals surface area contributed by atoms with Gasteiger partial charge in [-0.1, -0.05) is 0 Å². The van der Waals surface area contributed by atoms with Crippen molar-refractivity contribution in [1.82, 2.24) is 9.55 Å². The van der Waals surface area contributed by atoms with Gasteiger partial charge in [0.2, 0.25) is 0 Å². The highest BCUT2D eigenvalue weighted by Crippen LogP contribution is 2.27. The quantitative estimate of drug-likeness (QED) is 0.786. The molecule has 0 aliphatic heterocycles. The van der Waals surface area contributed by atoms with E-state index in [1.54, 1.807) is 26.4 Å². The van der Waals surface area contributed by atoms with Gasteiger partial charge in [0.05, 0.1) is 0 Å². The zero-order valence-electron chi connectivity index (χ0n) is 11.2. The molecule has 0 fully saturated rings. The van der Waals surface area contributed by atoms with Gasteiger partial charge in [0.15, 0.2) is 6.79 Å². The molecule has 0 spiro atoms. The van der Waals surface area contributed by atoms with E-state index in [0.717, 1.165) is 11.3 Å². The van der Waals surface area contributed by atoms with Crippen molar-refractivity contribution < 1.29 is 9.47 Å². The number of rotatable bonds is 4. The lowest BCUT2D eigenvalue weighted by molar-refractivity contribution is 0.0513. The highest BCUT2D eigenvalue weighted by atomic mass is 16.7. The average Bonchev–Trinajstić information content (AvgIpc) is 2.40. The zero-order valence-corrected chi connectivity index (χ0v) is 11.2. The summed E-state index contributed by atoms with van der Waals surface area (Å²) < 4.78 is 11.9. The maximum atomic E-state index is 11.7. The van der Waals surface area contributed by atoms with Gasteiger partial charge in [-0.25, -0.2) is 4.98 Å². The Morgan fingerprint density at radius 2 is 2.11 bits per heavy atom. The van der Waals surface area contributed by atoms with E-state index in [-0.39, 0.29) is 12.4 Å². The third kappa shape index (κ3) is 3.00. The Morgan fingerprint density at radius 3 is 2.79 bits per heavy atom. The molecule has 2 aromatic heterocycles. The summed E-state index contributed by atoms with van der Waals surface area (Å²) in [4.78, 5) is 16.1. The lowest BCUT2D eigenvalue weighted by Gasteiger charge is -2.11. The smallest absolute Gasteiger partial charge is 0.250 e. The van der Waals surface area contributed by atoms with E-state index in [1.165, 1.54) is 4.57 Å². The number of aryl methyl sites for hydroxylation is 2. The van der Waals surface area contributed by atoms with E-state index in [9.17, 15) is 4.79 Å². The summed E-state index contributed by atoms with van der Waals surface area (Å²) in [6, 6.07) is 7.06. The minimum Gasteiger partial charge on any atom is -0.465 e. The first kappa shape index (κ1) is 13.3. The summed E-state index contributed by atoms with van der Waals surface area (Å²) in [6.07, 6.45) is 1.71. The van der Waals surface area contributed by atoms with Gasteiger partial charge in [-0.3, -0.25) is 4.79 Å². The van der Waals surface area contributed by atoms with Crippen molar-refractivity contribution in [2.45, 2.75) is 6.92 Å². The van der Waals surface area contributed by atoms with Gasteiger partial charge in [0.1, 0.15) is 11.4 Å². The second-order valence-corrected chi connectivity index (χ2v) is 4.21. The molecular weight excluding hydrogens is 244 g/mol. The molecule has 5 heteroatoms. The normalized spacial score (nSPS) is 10.5. The van der Waals surface area contributed by atoms with Crippen LogP contribution < -0.4 is 10.3 Å². The third-order valence-corrected chi connectivity index (χ3v) is 2.71. The summed E-state index contributed by atoms with van der Waals surface area (Å²) in [5.74, 6) is 0.598. The topological polar surface area (TPSA) is 53.4 Å². The molecule has 0 atom stereocenters. The molecule has 2 heterocycles.